The molecule has 0 aromatic heterocycles. The quantitative estimate of drug-likeness (QED) is 0.855. The lowest BCUT2D eigenvalue weighted by molar-refractivity contribution is 0.621. The summed E-state index contributed by atoms with van der Waals surface area (Å²) in [5, 5.41) is 3.25. The van der Waals surface area contributed by atoms with E-state index in [2.05, 4.69) is 40.3 Å². The lowest BCUT2D eigenvalue weighted by Gasteiger charge is -2.14. The van der Waals surface area contributed by atoms with E-state index in [0.717, 1.165) is 12.2 Å². The van der Waals surface area contributed by atoms with Crippen LogP contribution in [0.4, 0.5) is 10.1 Å². The third-order valence-electron chi connectivity index (χ3n) is 2.90. The summed E-state index contributed by atoms with van der Waals surface area (Å²) < 4.78 is 13.8. The Balaban J connectivity index is 1.97. The van der Waals surface area contributed by atoms with Gasteiger partial charge in [0.15, 0.2) is 0 Å². The lowest BCUT2D eigenvalue weighted by atomic mass is 10.0. The van der Waals surface area contributed by atoms with E-state index in [0.29, 0.717) is 10.4 Å². The van der Waals surface area contributed by atoms with Crippen molar-refractivity contribution in [2.75, 3.05) is 11.9 Å². The molecule has 0 spiro atoms. The fourth-order valence-electron chi connectivity index (χ4n) is 1.78. The molecule has 0 radical (unpaired) electrons. The second kappa shape index (κ2) is 6.01. The van der Waals surface area contributed by atoms with Crippen LogP contribution in [0.5, 0.6) is 0 Å². The molecule has 2 aromatic rings. The SMILES string of the molecule is CC(CNc1ccc(Br)c(F)c1)c1ccccc1. The van der Waals surface area contributed by atoms with Crippen molar-refractivity contribution in [3.05, 3.63) is 64.4 Å². The van der Waals surface area contributed by atoms with Crippen molar-refractivity contribution < 1.29 is 4.39 Å². The molecule has 0 aliphatic rings. The average molecular weight is 308 g/mol. The van der Waals surface area contributed by atoms with Gasteiger partial charge in [-0.25, -0.2) is 4.39 Å². The van der Waals surface area contributed by atoms with Gasteiger partial charge in [0.2, 0.25) is 0 Å². The van der Waals surface area contributed by atoms with Gasteiger partial charge in [-0.2, -0.15) is 0 Å². The van der Waals surface area contributed by atoms with Gasteiger partial charge in [0.05, 0.1) is 4.47 Å². The topological polar surface area (TPSA) is 12.0 Å². The molecule has 1 unspecified atom stereocenters. The molecule has 18 heavy (non-hydrogen) atoms. The van der Waals surface area contributed by atoms with E-state index in [1.54, 1.807) is 6.07 Å². The van der Waals surface area contributed by atoms with Gasteiger partial charge in [0.25, 0.3) is 0 Å². The van der Waals surface area contributed by atoms with Crippen molar-refractivity contribution in [1.29, 1.82) is 0 Å². The first-order valence-corrected chi connectivity index (χ1v) is 6.70. The highest BCUT2D eigenvalue weighted by atomic mass is 79.9. The van der Waals surface area contributed by atoms with Crippen LogP contribution >= 0.6 is 15.9 Å². The minimum Gasteiger partial charge on any atom is -0.384 e. The molecule has 0 fully saturated rings. The Labute approximate surface area is 115 Å². The summed E-state index contributed by atoms with van der Waals surface area (Å²) in [7, 11) is 0. The summed E-state index contributed by atoms with van der Waals surface area (Å²) in [5.74, 6) is 0.144. The molecule has 3 heteroatoms. The van der Waals surface area contributed by atoms with E-state index >= 15 is 0 Å². The summed E-state index contributed by atoms with van der Waals surface area (Å²) in [5.41, 5.74) is 2.08. The number of hydrogen-bond donors (Lipinski definition) is 1. The summed E-state index contributed by atoms with van der Waals surface area (Å²) in [6, 6.07) is 15.4. The maximum atomic E-state index is 13.3. The minimum atomic E-state index is -0.243. The molecule has 0 aliphatic heterocycles. The van der Waals surface area contributed by atoms with Crippen molar-refractivity contribution in [1.82, 2.24) is 0 Å². The minimum absolute atomic E-state index is 0.243. The predicted molar refractivity (Wildman–Crippen MR) is 77.4 cm³/mol. The van der Waals surface area contributed by atoms with Crippen LogP contribution in [0.25, 0.3) is 0 Å². The number of anilines is 1. The molecule has 0 aliphatic carbocycles. The Morgan fingerprint density at radius 1 is 1.17 bits per heavy atom. The first kappa shape index (κ1) is 13.1. The van der Waals surface area contributed by atoms with Crippen LogP contribution in [0.1, 0.15) is 18.4 Å². The highest BCUT2D eigenvalue weighted by Crippen LogP contribution is 2.21. The molecular weight excluding hydrogens is 293 g/mol. The number of benzene rings is 2. The Kier molecular flexibility index (Phi) is 4.37. The van der Waals surface area contributed by atoms with Crippen molar-refractivity contribution in [2.45, 2.75) is 12.8 Å². The largest absolute Gasteiger partial charge is 0.384 e. The number of halogens is 2. The van der Waals surface area contributed by atoms with Gasteiger partial charge in [-0.1, -0.05) is 37.3 Å². The van der Waals surface area contributed by atoms with Crippen molar-refractivity contribution in [3.8, 4) is 0 Å². The maximum Gasteiger partial charge on any atom is 0.139 e. The van der Waals surface area contributed by atoms with Gasteiger partial charge in [-0.15, -0.1) is 0 Å². The molecule has 0 amide bonds. The monoisotopic (exact) mass is 307 g/mol. The zero-order valence-corrected chi connectivity index (χ0v) is 11.7. The molecule has 2 aromatic carbocycles. The van der Waals surface area contributed by atoms with E-state index in [9.17, 15) is 4.39 Å². The summed E-state index contributed by atoms with van der Waals surface area (Å²) in [6.07, 6.45) is 0. The highest BCUT2D eigenvalue weighted by molar-refractivity contribution is 9.10. The Hall–Kier alpha value is -1.35. The smallest absolute Gasteiger partial charge is 0.139 e. The summed E-state index contributed by atoms with van der Waals surface area (Å²) >= 11 is 3.14. The number of rotatable bonds is 4. The first-order valence-electron chi connectivity index (χ1n) is 5.90. The Morgan fingerprint density at radius 3 is 2.56 bits per heavy atom. The molecule has 0 bridgehead atoms. The van der Waals surface area contributed by atoms with Crippen LogP contribution in [0.3, 0.4) is 0 Å². The molecule has 94 valence electrons. The zero-order valence-electron chi connectivity index (χ0n) is 10.2. The van der Waals surface area contributed by atoms with Crippen LogP contribution in [0.15, 0.2) is 53.0 Å². The average Bonchev–Trinajstić information content (AvgIpc) is 2.41. The fourth-order valence-corrected chi connectivity index (χ4v) is 2.02. The van der Waals surface area contributed by atoms with Crippen LogP contribution in [0.2, 0.25) is 0 Å². The van der Waals surface area contributed by atoms with Gasteiger partial charge in [0, 0.05) is 12.2 Å². The van der Waals surface area contributed by atoms with Gasteiger partial charge in [-0.05, 0) is 45.6 Å². The maximum absolute atomic E-state index is 13.3. The van der Waals surface area contributed by atoms with E-state index in [-0.39, 0.29) is 5.82 Å². The molecule has 1 N–H and O–H groups in total. The molecule has 0 saturated carbocycles. The second-order valence-electron chi connectivity index (χ2n) is 4.32. The van der Waals surface area contributed by atoms with Gasteiger partial charge < -0.3 is 5.32 Å². The molecule has 0 heterocycles. The third kappa shape index (κ3) is 3.33. The third-order valence-corrected chi connectivity index (χ3v) is 3.54. The van der Waals surface area contributed by atoms with Crippen LogP contribution in [-0.4, -0.2) is 6.54 Å². The van der Waals surface area contributed by atoms with E-state index in [1.807, 2.05) is 24.3 Å². The van der Waals surface area contributed by atoms with Crippen molar-refractivity contribution in [3.63, 3.8) is 0 Å². The van der Waals surface area contributed by atoms with Crippen molar-refractivity contribution in [2.24, 2.45) is 0 Å². The number of nitrogens with one attached hydrogen (secondary N) is 1. The van der Waals surface area contributed by atoms with Gasteiger partial charge >= 0.3 is 0 Å². The van der Waals surface area contributed by atoms with Gasteiger partial charge in [0.1, 0.15) is 5.82 Å². The lowest BCUT2D eigenvalue weighted by Crippen LogP contribution is -2.09. The van der Waals surface area contributed by atoms with E-state index in [1.165, 1.54) is 11.6 Å². The van der Waals surface area contributed by atoms with Crippen LogP contribution in [0, 0.1) is 5.82 Å². The molecule has 1 nitrogen and oxygen atoms in total. The summed E-state index contributed by atoms with van der Waals surface area (Å²) in [6.45, 7) is 2.93. The van der Waals surface area contributed by atoms with E-state index in [4.69, 9.17) is 0 Å². The predicted octanol–water partition coefficient (Wildman–Crippen LogP) is 4.80. The zero-order chi connectivity index (χ0) is 13.0. The Bertz CT molecular complexity index is 513. The normalized spacial score (nSPS) is 12.2. The van der Waals surface area contributed by atoms with E-state index < -0.39 is 0 Å². The molecular formula is C15H15BrFN. The standard InChI is InChI=1S/C15H15BrFN/c1-11(12-5-3-2-4-6-12)10-18-13-7-8-14(16)15(17)9-13/h2-9,11,18H,10H2,1H3. The molecule has 1 atom stereocenters. The summed E-state index contributed by atoms with van der Waals surface area (Å²) in [4.78, 5) is 0. The first-order chi connectivity index (χ1) is 8.66. The molecule has 2 rings (SSSR count). The van der Waals surface area contributed by atoms with Crippen molar-refractivity contribution >= 4 is 21.6 Å². The Morgan fingerprint density at radius 2 is 1.89 bits per heavy atom. The van der Waals surface area contributed by atoms with Crippen LogP contribution < -0.4 is 5.32 Å². The second-order valence-corrected chi connectivity index (χ2v) is 5.18. The number of hydrogen-bond acceptors (Lipinski definition) is 1. The molecule has 0 saturated heterocycles. The van der Waals surface area contributed by atoms with Gasteiger partial charge in [-0.3, -0.25) is 0 Å². The highest BCUT2D eigenvalue weighted by Gasteiger charge is 2.05. The van der Waals surface area contributed by atoms with Crippen LogP contribution in [-0.2, 0) is 0 Å². The fraction of sp³-hybridized carbons (Fsp3) is 0.200.